The highest BCUT2D eigenvalue weighted by Crippen LogP contribution is 2.29. The standard InChI is InChI=1S/C23H21FN4O2/c1-27-21-6-8-25-13-20(21)19-5-4-17(10-22(19)27)28-9-7-18(11-23(28)29)30-14-16-3-2-15(24)12-26-16/h2-5,7,9-12,25H,6,8,13-14H2,1H3/i1D3,6D2,13D2,14D2. The van der Waals surface area contributed by atoms with E-state index in [1.807, 2.05) is 0 Å². The van der Waals surface area contributed by atoms with E-state index in [1.165, 1.54) is 30.5 Å². The Morgan fingerprint density at radius 2 is 2.27 bits per heavy atom. The molecule has 3 aromatic heterocycles. The van der Waals surface area contributed by atoms with Crippen LogP contribution in [0.2, 0.25) is 0 Å². The van der Waals surface area contributed by atoms with Crippen LogP contribution in [0, 0.1) is 5.82 Å². The normalized spacial score (nSPS) is 22.1. The van der Waals surface area contributed by atoms with E-state index in [-0.39, 0.29) is 39.3 Å². The predicted molar refractivity (Wildman–Crippen MR) is 112 cm³/mol. The molecule has 4 aromatic rings. The van der Waals surface area contributed by atoms with Gasteiger partial charge in [0, 0.05) is 59.3 Å². The molecule has 1 aliphatic heterocycles. The van der Waals surface area contributed by atoms with Gasteiger partial charge in [0.2, 0.25) is 0 Å². The lowest BCUT2D eigenvalue weighted by molar-refractivity contribution is 0.300. The summed E-state index contributed by atoms with van der Waals surface area (Å²) in [6.45, 7) is -7.97. The molecule has 0 bridgehead atoms. The van der Waals surface area contributed by atoms with Crippen molar-refractivity contribution in [3.05, 3.63) is 88.0 Å². The number of hydrogen-bond donors (Lipinski definition) is 1. The van der Waals surface area contributed by atoms with Crippen LogP contribution in [-0.4, -0.2) is 20.7 Å². The molecule has 7 heteroatoms. The highest BCUT2D eigenvalue weighted by atomic mass is 19.1. The van der Waals surface area contributed by atoms with Gasteiger partial charge < -0.3 is 14.6 Å². The van der Waals surface area contributed by atoms with E-state index in [9.17, 15) is 9.18 Å². The van der Waals surface area contributed by atoms with Gasteiger partial charge in [-0.3, -0.25) is 14.3 Å². The first-order valence-electron chi connectivity index (χ1n) is 13.5. The molecule has 1 aromatic carbocycles. The van der Waals surface area contributed by atoms with Crippen LogP contribution in [-0.2, 0) is 26.4 Å². The minimum atomic E-state index is -2.85. The van der Waals surface area contributed by atoms with Crippen molar-refractivity contribution in [3.8, 4) is 11.4 Å². The summed E-state index contributed by atoms with van der Waals surface area (Å²) in [4.78, 5) is 16.6. The molecular formula is C23H21FN4O2. The number of aryl methyl sites for hydroxylation is 1. The van der Waals surface area contributed by atoms with E-state index in [2.05, 4.69) is 10.3 Å². The van der Waals surface area contributed by atoms with E-state index in [0.717, 1.165) is 33.5 Å². The van der Waals surface area contributed by atoms with Crippen molar-refractivity contribution in [2.75, 3.05) is 6.54 Å². The fourth-order valence-electron chi connectivity index (χ4n) is 3.27. The molecule has 1 N–H and O–H groups in total. The second kappa shape index (κ2) is 7.42. The Bertz CT molecular complexity index is 1650. The Hall–Kier alpha value is -3.45. The van der Waals surface area contributed by atoms with Gasteiger partial charge in [0.25, 0.3) is 5.56 Å². The van der Waals surface area contributed by atoms with E-state index in [4.69, 9.17) is 17.1 Å². The zero-order chi connectivity index (χ0) is 28.5. The molecule has 4 heterocycles. The smallest absolute Gasteiger partial charge is 0.258 e. The van der Waals surface area contributed by atoms with Gasteiger partial charge in [0.1, 0.15) is 18.1 Å². The van der Waals surface area contributed by atoms with Gasteiger partial charge in [0.05, 0.1) is 25.8 Å². The van der Waals surface area contributed by atoms with Crippen LogP contribution in [0.15, 0.2) is 59.7 Å². The van der Waals surface area contributed by atoms with E-state index >= 15 is 0 Å². The lowest BCUT2D eigenvalue weighted by atomic mass is 10.1. The number of aromatic nitrogens is 3. The lowest BCUT2D eigenvalue weighted by Gasteiger charge is -2.14. The second-order valence-electron chi connectivity index (χ2n) is 6.55. The molecule has 5 rings (SSSR count). The van der Waals surface area contributed by atoms with Crippen molar-refractivity contribution in [3.63, 3.8) is 0 Å². The Morgan fingerprint density at radius 3 is 3.07 bits per heavy atom. The molecule has 0 amide bonds. The zero-order valence-electron chi connectivity index (χ0n) is 24.4. The highest BCUT2D eigenvalue weighted by Gasteiger charge is 2.18. The number of hydrogen-bond acceptors (Lipinski definition) is 4. The third-order valence-corrected chi connectivity index (χ3v) is 4.68. The Labute approximate surface area is 185 Å². The van der Waals surface area contributed by atoms with Crippen molar-refractivity contribution in [2.24, 2.45) is 6.98 Å². The van der Waals surface area contributed by atoms with Crippen LogP contribution in [0.4, 0.5) is 4.39 Å². The minimum absolute atomic E-state index is 0.0138. The summed E-state index contributed by atoms with van der Waals surface area (Å²) in [6, 6.07) is 8.72. The average Bonchev–Trinajstić information content (AvgIpc) is 3.20. The Kier molecular flexibility index (Phi) is 2.74. The third-order valence-electron chi connectivity index (χ3n) is 4.68. The first-order chi connectivity index (χ1) is 18.0. The first-order valence-corrected chi connectivity index (χ1v) is 9.00. The van der Waals surface area contributed by atoms with E-state index in [0.29, 0.717) is 0 Å². The van der Waals surface area contributed by atoms with Gasteiger partial charge in [0.15, 0.2) is 0 Å². The number of halogens is 1. The SMILES string of the molecule is [2H]C1([2H])CNC([2H])([2H])c2c1n(C([2H])([2H])[2H])c1cc(-n3ccc(OC([2H])([2H])c4ccc(F)cn4)cc3=O)ccc21. The maximum absolute atomic E-state index is 13.1. The molecule has 0 radical (unpaired) electrons. The molecule has 0 fully saturated rings. The molecule has 0 saturated carbocycles. The van der Waals surface area contributed by atoms with E-state index in [1.54, 1.807) is 0 Å². The molecule has 152 valence electrons. The summed E-state index contributed by atoms with van der Waals surface area (Å²) in [5.74, 6) is -0.787. The molecular weight excluding hydrogens is 383 g/mol. The first kappa shape index (κ1) is 11.1. The fourth-order valence-corrected chi connectivity index (χ4v) is 3.27. The van der Waals surface area contributed by atoms with Gasteiger partial charge in [-0.15, -0.1) is 0 Å². The second-order valence-corrected chi connectivity index (χ2v) is 6.55. The van der Waals surface area contributed by atoms with Crippen molar-refractivity contribution in [1.82, 2.24) is 19.4 Å². The minimum Gasteiger partial charge on any atom is -0.487 e. The van der Waals surface area contributed by atoms with Crippen LogP contribution in [0.1, 0.15) is 29.3 Å². The predicted octanol–water partition coefficient (Wildman–Crippen LogP) is 3.09. The molecule has 0 aliphatic carbocycles. The van der Waals surface area contributed by atoms with Crippen molar-refractivity contribution in [2.45, 2.75) is 19.4 Å². The van der Waals surface area contributed by atoms with Gasteiger partial charge in [-0.05, 0) is 35.9 Å². The largest absolute Gasteiger partial charge is 0.487 e. The van der Waals surface area contributed by atoms with Crippen molar-refractivity contribution >= 4 is 10.9 Å². The summed E-state index contributed by atoms with van der Waals surface area (Å²) in [6.07, 6.45) is -0.0664. The Balaban J connectivity index is 1.60. The number of ether oxygens (including phenoxy) is 1. The van der Waals surface area contributed by atoms with Crippen LogP contribution in [0.3, 0.4) is 0 Å². The molecule has 0 unspecified atom stereocenters. The maximum atomic E-state index is 13.1. The average molecular weight is 413 g/mol. The van der Waals surface area contributed by atoms with Crippen LogP contribution >= 0.6 is 0 Å². The van der Waals surface area contributed by atoms with Gasteiger partial charge >= 0.3 is 0 Å². The summed E-state index contributed by atoms with van der Waals surface area (Å²) in [7, 11) is 0. The highest BCUT2D eigenvalue weighted by molar-refractivity contribution is 5.87. The number of fused-ring (bicyclic) bond motifs is 3. The number of pyridine rings is 2. The van der Waals surface area contributed by atoms with Gasteiger partial charge in [-0.1, -0.05) is 6.07 Å². The number of benzene rings is 1. The fraction of sp³-hybridized carbons (Fsp3) is 0.217. The maximum Gasteiger partial charge on any atom is 0.258 e. The third kappa shape index (κ3) is 3.27. The van der Waals surface area contributed by atoms with Crippen LogP contribution in [0.5, 0.6) is 5.75 Å². The van der Waals surface area contributed by atoms with Crippen LogP contribution in [0.25, 0.3) is 16.6 Å². The molecule has 1 aliphatic rings. The summed E-state index contributed by atoms with van der Waals surface area (Å²) in [5.41, 5.74) is -1.06. The zero-order valence-corrected chi connectivity index (χ0v) is 15.4. The monoisotopic (exact) mass is 413 g/mol. The van der Waals surface area contributed by atoms with Gasteiger partial charge in [-0.25, -0.2) is 4.39 Å². The van der Waals surface area contributed by atoms with Crippen molar-refractivity contribution < 1.29 is 21.5 Å². The number of nitrogens with one attached hydrogen (secondary N) is 1. The molecule has 0 atom stereocenters. The molecule has 6 nitrogen and oxygen atoms in total. The summed E-state index contributed by atoms with van der Waals surface area (Å²) in [5, 5.41) is 2.67. The lowest BCUT2D eigenvalue weighted by Crippen LogP contribution is -2.24. The molecule has 0 spiro atoms. The summed E-state index contributed by atoms with van der Waals surface area (Å²) < 4.78 is 94.3. The number of nitrogens with zero attached hydrogens (tertiary/aromatic N) is 3. The summed E-state index contributed by atoms with van der Waals surface area (Å²) >= 11 is 0. The van der Waals surface area contributed by atoms with Crippen LogP contribution < -0.4 is 15.6 Å². The molecule has 30 heavy (non-hydrogen) atoms. The topological polar surface area (TPSA) is 61.1 Å². The van der Waals surface area contributed by atoms with Crippen molar-refractivity contribution in [1.29, 1.82) is 0 Å². The quantitative estimate of drug-likeness (QED) is 0.559. The Morgan fingerprint density at radius 1 is 1.33 bits per heavy atom. The number of rotatable bonds is 4. The van der Waals surface area contributed by atoms with Gasteiger partial charge in [-0.2, -0.15) is 0 Å². The van der Waals surface area contributed by atoms with E-state index < -0.39 is 44.3 Å². The molecule has 0 saturated heterocycles.